The Kier molecular flexibility index (Phi) is 4.36. The Morgan fingerprint density at radius 1 is 1.42 bits per heavy atom. The van der Waals surface area contributed by atoms with Crippen LogP contribution in [0, 0.1) is 0 Å². The van der Waals surface area contributed by atoms with Gasteiger partial charge in [0.1, 0.15) is 5.75 Å². The third-order valence-corrected chi connectivity index (χ3v) is 3.06. The van der Waals surface area contributed by atoms with Crippen LogP contribution in [0.1, 0.15) is 0 Å². The van der Waals surface area contributed by atoms with Crippen LogP contribution in [0.15, 0.2) is 24.3 Å². The number of nitrogens with one attached hydrogen (secondary N) is 1. The number of anilines is 1. The van der Waals surface area contributed by atoms with Gasteiger partial charge in [-0.15, -0.1) is 0 Å². The first-order valence-electron chi connectivity index (χ1n) is 6.11. The molecule has 1 heterocycles. The van der Waals surface area contributed by atoms with E-state index >= 15 is 0 Å². The van der Waals surface area contributed by atoms with E-state index in [0.29, 0.717) is 24.5 Å². The number of likely N-dealkylation sites (tertiary alicyclic amines) is 1. The van der Waals surface area contributed by atoms with Crippen LogP contribution in [-0.2, 0) is 4.79 Å². The monoisotopic (exact) mass is 266 g/mol. The number of benzene rings is 1. The smallest absolute Gasteiger partial charge is 0.238 e. The number of hydrogen-bond donors (Lipinski definition) is 3. The SMILES string of the molecule is COc1cccc(NC(=O)CN2CC(O)C(O)C2)c1. The van der Waals surface area contributed by atoms with Gasteiger partial charge in [-0.25, -0.2) is 0 Å². The lowest BCUT2D eigenvalue weighted by Gasteiger charge is -2.14. The largest absolute Gasteiger partial charge is 0.497 e. The lowest BCUT2D eigenvalue weighted by Crippen LogP contribution is -2.32. The molecule has 0 aliphatic carbocycles. The molecule has 0 saturated carbocycles. The van der Waals surface area contributed by atoms with Gasteiger partial charge in [-0.1, -0.05) is 6.07 Å². The second kappa shape index (κ2) is 6.01. The van der Waals surface area contributed by atoms with Crippen molar-refractivity contribution < 1.29 is 19.7 Å². The molecule has 104 valence electrons. The van der Waals surface area contributed by atoms with E-state index in [-0.39, 0.29) is 12.5 Å². The lowest BCUT2D eigenvalue weighted by molar-refractivity contribution is -0.117. The van der Waals surface area contributed by atoms with Crippen molar-refractivity contribution in [3.05, 3.63) is 24.3 Å². The molecule has 0 bridgehead atoms. The second-order valence-electron chi connectivity index (χ2n) is 4.61. The Morgan fingerprint density at radius 2 is 2.11 bits per heavy atom. The van der Waals surface area contributed by atoms with Crippen LogP contribution in [0.25, 0.3) is 0 Å². The molecule has 3 N–H and O–H groups in total. The van der Waals surface area contributed by atoms with E-state index < -0.39 is 12.2 Å². The first-order valence-corrected chi connectivity index (χ1v) is 6.11. The molecule has 1 fully saturated rings. The number of ether oxygens (including phenoxy) is 1. The molecule has 6 nitrogen and oxygen atoms in total. The zero-order chi connectivity index (χ0) is 13.8. The Labute approximate surface area is 111 Å². The number of amides is 1. The molecule has 2 atom stereocenters. The number of nitrogens with zero attached hydrogens (tertiary/aromatic N) is 1. The zero-order valence-corrected chi connectivity index (χ0v) is 10.7. The van der Waals surface area contributed by atoms with Gasteiger partial charge in [0, 0.05) is 24.8 Å². The molecule has 19 heavy (non-hydrogen) atoms. The summed E-state index contributed by atoms with van der Waals surface area (Å²) in [5.41, 5.74) is 0.657. The summed E-state index contributed by atoms with van der Waals surface area (Å²) < 4.78 is 5.07. The highest BCUT2D eigenvalue weighted by Gasteiger charge is 2.30. The predicted octanol–water partition coefficient (Wildman–Crippen LogP) is -0.329. The molecule has 1 amide bonds. The van der Waals surface area contributed by atoms with Crippen molar-refractivity contribution in [2.75, 3.05) is 32.1 Å². The van der Waals surface area contributed by atoms with E-state index in [1.807, 2.05) is 0 Å². The van der Waals surface area contributed by atoms with Gasteiger partial charge < -0.3 is 20.3 Å². The number of carbonyl (C=O) groups excluding carboxylic acids is 1. The standard InChI is InChI=1S/C13H18N2O4/c1-19-10-4-2-3-9(5-10)14-13(18)8-15-6-11(16)12(17)7-15/h2-5,11-12,16-17H,6-8H2,1H3,(H,14,18). The van der Waals surface area contributed by atoms with Crippen LogP contribution in [-0.4, -0.2) is 60.0 Å². The highest BCUT2D eigenvalue weighted by atomic mass is 16.5. The Morgan fingerprint density at radius 3 is 2.74 bits per heavy atom. The minimum Gasteiger partial charge on any atom is -0.497 e. The summed E-state index contributed by atoms with van der Waals surface area (Å²) in [5.74, 6) is 0.486. The van der Waals surface area contributed by atoms with Gasteiger partial charge in [-0.2, -0.15) is 0 Å². The average Bonchev–Trinajstić information content (AvgIpc) is 2.68. The minimum absolute atomic E-state index is 0.144. The first kappa shape index (κ1) is 13.8. The van der Waals surface area contributed by atoms with Crippen molar-refractivity contribution >= 4 is 11.6 Å². The van der Waals surface area contributed by atoms with Crippen molar-refractivity contribution in [1.29, 1.82) is 0 Å². The molecular weight excluding hydrogens is 248 g/mol. The molecule has 0 radical (unpaired) electrons. The Balaban J connectivity index is 1.87. The Hall–Kier alpha value is -1.63. The fourth-order valence-electron chi connectivity index (χ4n) is 2.08. The molecule has 2 rings (SSSR count). The number of aliphatic hydroxyl groups is 2. The van der Waals surface area contributed by atoms with Gasteiger partial charge >= 0.3 is 0 Å². The minimum atomic E-state index is -0.774. The number of carbonyl (C=O) groups is 1. The third kappa shape index (κ3) is 3.66. The third-order valence-electron chi connectivity index (χ3n) is 3.06. The summed E-state index contributed by atoms with van der Waals surface area (Å²) in [6, 6.07) is 7.08. The van der Waals surface area contributed by atoms with Gasteiger partial charge in [-0.05, 0) is 12.1 Å². The van der Waals surface area contributed by atoms with Gasteiger partial charge in [-0.3, -0.25) is 9.69 Å². The van der Waals surface area contributed by atoms with Crippen LogP contribution >= 0.6 is 0 Å². The average molecular weight is 266 g/mol. The van der Waals surface area contributed by atoms with Crippen molar-refractivity contribution in [2.24, 2.45) is 0 Å². The van der Waals surface area contributed by atoms with E-state index in [1.165, 1.54) is 0 Å². The van der Waals surface area contributed by atoms with Crippen LogP contribution in [0.3, 0.4) is 0 Å². The molecule has 1 aromatic rings. The van der Waals surface area contributed by atoms with Crippen molar-refractivity contribution in [1.82, 2.24) is 4.90 Å². The number of hydrogen-bond acceptors (Lipinski definition) is 5. The van der Waals surface area contributed by atoms with Crippen molar-refractivity contribution in [2.45, 2.75) is 12.2 Å². The van der Waals surface area contributed by atoms with E-state index in [4.69, 9.17) is 4.74 Å². The molecule has 6 heteroatoms. The van der Waals surface area contributed by atoms with E-state index in [2.05, 4.69) is 5.32 Å². The van der Waals surface area contributed by atoms with Gasteiger partial charge in [0.25, 0.3) is 0 Å². The topological polar surface area (TPSA) is 82.0 Å². The summed E-state index contributed by atoms with van der Waals surface area (Å²) in [6.07, 6.45) is -1.55. The number of methoxy groups -OCH3 is 1. The lowest BCUT2D eigenvalue weighted by atomic mass is 10.3. The summed E-state index contributed by atoms with van der Waals surface area (Å²) in [6.45, 7) is 0.769. The maximum atomic E-state index is 11.8. The number of β-amino-alcohol motifs (C(OH)–C–C–N with tert-alkyl or cyclic N) is 2. The maximum absolute atomic E-state index is 11.8. The Bertz CT molecular complexity index is 442. The summed E-state index contributed by atoms with van der Waals surface area (Å²) >= 11 is 0. The summed E-state index contributed by atoms with van der Waals surface area (Å²) in [7, 11) is 1.56. The molecule has 1 aromatic carbocycles. The molecule has 1 aliphatic heterocycles. The van der Waals surface area contributed by atoms with Gasteiger partial charge in [0.05, 0.1) is 25.9 Å². The molecule has 1 aliphatic rings. The van der Waals surface area contributed by atoms with E-state index in [9.17, 15) is 15.0 Å². The summed E-state index contributed by atoms with van der Waals surface area (Å²) in [5, 5.41) is 21.5. The highest BCUT2D eigenvalue weighted by molar-refractivity contribution is 5.92. The van der Waals surface area contributed by atoms with Crippen LogP contribution < -0.4 is 10.1 Å². The van der Waals surface area contributed by atoms with Crippen molar-refractivity contribution in [3.63, 3.8) is 0 Å². The molecular formula is C13H18N2O4. The quantitative estimate of drug-likeness (QED) is 0.695. The van der Waals surface area contributed by atoms with Crippen molar-refractivity contribution in [3.8, 4) is 5.75 Å². The highest BCUT2D eigenvalue weighted by Crippen LogP contribution is 2.17. The van der Waals surface area contributed by atoms with Gasteiger partial charge in [0.2, 0.25) is 5.91 Å². The summed E-state index contributed by atoms with van der Waals surface area (Å²) in [4.78, 5) is 13.5. The normalized spacial score (nSPS) is 23.3. The second-order valence-corrected chi connectivity index (χ2v) is 4.61. The van der Waals surface area contributed by atoms with Gasteiger partial charge in [0.15, 0.2) is 0 Å². The number of rotatable bonds is 4. The van der Waals surface area contributed by atoms with E-state index in [0.717, 1.165) is 0 Å². The maximum Gasteiger partial charge on any atom is 0.238 e. The first-order chi connectivity index (χ1) is 9.08. The molecule has 0 aromatic heterocycles. The fraction of sp³-hybridized carbons (Fsp3) is 0.462. The van der Waals surface area contributed by atoms with Crippen LogP contribution in [0.5, 0.6) is 5.75 Å². The van der Waals surface area contributed by atoms with E-state index in [1.54, 1.807) is 36.3 Å². The van der Waals surface area contributed by atoms with Crippen LogP contribution in [0.2, 0.25) is 0 Å². The fourth-order valence-corrected chi connectivity index (χ4v) is 2.08. The predicted molar refractivity (Wildman–Crippen MR) is 70.1 cm³/mol. The molecule has 1 saturated heterocycles. The van der Waals surface area contributed by atoms with Crippen LogP contribution in [0.4, 0.5) is 5.69 Å². The molecule has 2 unspecified atom stereocenters. The number of aliphatic hydroxyl groups excluding tert-OH is 2. The molecule has 0 spiro atoms. The zero-order valence-electron chi connectivity index (χ0n) is 10.7.